The van der Waals surface area contributed by atoms with E-state index >= 15 is 0 Å². The summed E-state index contributed by atoms with van der Waals surface area (Å²) in [5, 5.41) is 2.32. The maximum absolute atomic E-state index is 13.5. The van der Waals surface area contributed by atoms with Crippen molar-refractivity contribution in [2.75, 3.05) is 13.7 Å². The summed E-state index contributed by atoms with van der Waals surface area (Å²) in [7, 11) is 1.69. The summed E-state index contributed by atoms with van der Waals surface area (Å²) in [6, 6.07) is 13.0. The Balaban J connectivity index is 1.44. The van der Waals surface area contributed by atoms with Crippen LogP contribution in [0.15, 0.2) is 36.4 Å². The van der Waals surface area contributed by atoms with E-state index in [2.05, 4.69) is 42.2 Å². The first-order valence-electron chi connectivity index (χ1n) is 12.0. The molecule has 1 saturated heterocycles. The molecule has 3 heteroatoms. The molecule has 2 fully saturated rings. The van der Waals surface area contributed by atoms with Gasteiger partial charge in [-0.2, -0.15) is 0 Å². The molecule has 0 bridgehead atoms. The van der Waals surface area contributed by atoms with Gasteiger partial charge in [0, 0.05) is 12.6 Å². The number of carbonyl (C=O) groups is 1. The van der Waals surface area contributed by atoms with Gasteiger partial charge in [0.15, 0.2) is 0 Å². The molecular weight excluding hydrogens is 370 g/mol. The van der Waals surface area contributed by atoms with Crippen molar-refractivity contribution in [2.45, 2.75) is 83.1 Å². The minimum atomic E-state index is -0.0909. The van der Waals surface area contributed by atoms with Crippen LogP contribution in [0.3, 0.4) is 0 Å². The zero-order valence-corrected chi connectivity index (χ0v) is 18.7. The van der Waals surface area contributed by atoms with E-state index in [0.29, 0.717) is 11.9 Å². The van der Waals surface area contributed by atoms with Crippen molar-refractivity contribution >= 4 is 16.7 Å². The molecule has 1 amide bonds. The molecule has 2 unspecified atom stereocenters. The predicted octanol–water partition coefficient (Wildman–Crippen LogP) is 6.69. The van der Waals surface area contributed by atoms with Crippen LogP contribution in [0, 0.1) is 5.92 Å². The van der Waals surface area contributed by atoms with Crippen LogP contribution in [-0.2, 0) is 4.79 Å². The monoisotopic (exact) mass is 407 g/mol. The number of methoxy groups -OCH3 is 1. The predicted molar refractivity (Wildman–Crippen MR) is 124 cm³/mol. The molecule has 162 valence electrons. The summed E-state index contributed by atoms with van der Waals surface area (Å²) in [5.74, 6) is 1.99. The molecule has 0 radical (unpaired) electrons. The Hall–Kier alpha value is -2.03. The molecule has 1 aliphatic heterocycles. The Morgan fingerprint density at radius 1 is 0.967 bits per heavy atom. The number of likely N-dealkylation sites (tertiary alicyclic amines) is 1. The topological polar surface area (TPSA) is 29.5 Å². The van der Waals surface area contributed by atoms with Gasteiger partial charge in [0.2, 0.25) is 5.91 Å². The molecule has 2 atom stereocenters. The lowest BCUT2D eigenvalue weighted by Crippen LogP contribution is -2.45. The van der Waals surface area contributed by atoms with Gasteiger partial charge in [0.05, 0.1) is 13.0 Å². The van der Waals surface area contributed by atoms with Gasteiger partial charge < -0.3 is 9.64 Å². The Labute approximate surface area is 181 Å². The van der Waals surface area contributed by atoms with Crippen LogP contribution in [0.2, 0.25) is 0 Å². The molecule has 0 spiro atoms. The third kappa shape index (κ3) is 4.82. The van der Waals surface area contributed by atoms with Crippen LogP contribution in [0.5, 0.6) is 5.75 Å². The lowest BCUT2D eigenvalue weighted by Gasteiger charge is -2.38. The van der Waals surface area contributed by atoms with E-state index in [1.54, 1.807) is 7.11 Å². The molecule has 2 aromatic carbocycles. The van der Waals surface area contributed by atoms with Crippen molar-refractivity contribution in [3.63, 3.8) is 0 Å². The summed E-state index contributed by atoms with van der Waals surface area (Å²) >= 11 is 0. The standard InChI is InChI=1S/C27H37NO2/c1-20(22-12-13-24-19-26(30-2)16-14-23(24)18-22)27(29)28-17-7-6-10-25(28)15-11-21-8-4-3-5-9-21/h12-14,16,18-21,25H,3-11,15,17H2,1-2H3. The van der Waals surface area contributed by atoms with E-state index in [0.717, 1.165) is 35.6 Å². The number of benzene rings is 2. The molecule has 4 rings (SSSR count). The number of fused-ring (bicyclic) bond motifs is 1. The number of amides is 1. The number of ether oxygens (including phenoxy) is 1. The highest BCUT2D eigenvalue weighted by atomic mass is 16.5. The molecule has 0 aromatic heterocycles. The number of nitrogens with zero attached hydrogens (tertiary/aromatic N) is 1. The minimum absolute atomic E-state index is 0.0909. The van der Waals surface area contributed by atoms with E-state index in [1.807, 2.05) is 6.07 Å². The lowest BCUT2D eigenvalue weighted by atomic mass is 9.83. The number of piperidine rings is 1. The highest BCUT2D eigenvalue weighted by molar-refractivity contribution is 5.88. The zero-order valence-electron chi connectivity index (χ0n) is 18.7. The first-order valence-corrected chi connectivity index (χ1v) is 12.0. The van der Waals surface area contributed by atoms with Crippen LogP contribution in [0.25, 0.3) is 10.8 Å². The number of hydrogen-bond donors (Lipinski definition) is 0. The van der Waals surface area contributed by atoms with E-state index in [9.17, 15) is 4.79 Å². The Kier molecular flexibility index (Phi) is 6.97. The van der Waals surface area contributed by atoms with E-state index < -0.39 is 0 Å². The minimum Gasteiger partial charge on any atom is -0.497 e. The van der Waals surface area contributed by atoms with Gasteiger partial charge in [-0.15, -0.1) is 0 Å². The Morgan fingerprint density at radius 2 is 1.70 bits per heavy atom. The summed E-state index contributed by atoms with van der Waals surface area (Å²) < 4.78 is 5.34. The number of carbonyl (C=O) groups excluding carboxylic acids is 1. The third-order valence-corrected chi connectivity index (χ3v) is 7.48. The fourth-order valence-electron chi connectivity index (χ4n) is 5.52. The summed E-state index contributed by atoms with van der Waals surface area (Å²) in [4.78, 5) is 15.7. The molecule has 3 nitrogen and oxygen atoms in total. The van der Waals surface area contributed by atoms with E-state index in [4.69, 9.17) is 4.74 Å². The summed E-state index contributed by atoms with van der Waals surface area (Å²) in [6.45, 7) is 3.02. The number of rotatable bonds is 6. The van der Waals surface area contributed by atoms with Crippen molar-refractivity contribution in [1.29, 1.82) is 0 Å². The van der Waals surface area contributed by atoms with Crippen LogP contribution in [-0.4, -0.2) is 30.5 Å². The van der Waals surface area contributed by atoms with Gasteiger partial charge in [-0.05, 0) is 73.4 Å². The maximum atomic E-state index is 13.5. The van der Waals surface area contributed by atoms with Crippen LogP contribution in [0.1, 0.15) is 82.6 Å². The molecule has 2 aliphatic rings. The van der Waals surface area contributed by atoms with E-state index in [1.165, 1.54) is 63.2 Å². The van der Waals surface area contributed by atoms with Gasteiger partial charge >= 0.3 is 0 Å². The van der Waals surface area contributed by atoms with Crippen molar-refractivity contribution in [2.24, 2.45) is 5.92 Å². The van der Waals surface area contributed by atoms with Gasteiger partial charge in [-0.3, -0.25) is 4.79 Å². The molecule has 1 aliphatic carbocycles. The second-order valence-electron chi connectivity index (χ2n) is 9.46. The van der Waals surface area contributed by atoms with Crippen LogP contribution >= 0.6 is 0 Å². The molecule has 1 heterocycles. The lowest BCUT2D eigenvalue weighted by molar-refractivity contribution is -0.136. The zero-order chi connectivity index (χ0) is 20.9. The quantitative estimate of drug-likeness (QED) is 0.533. The fraction of sp³-hybridized carbons (Fsp3) is 0.593. The Bertz CT molecular complexity index is 855. The first-order chi connectivity index (χ1) is 14.7. The van der Waals surface area contributed by atoms with E-state index in [-0.39, 0.29) is 5.92 Å². The van der Waals surface area contributed by atoms with Crippen molar-refractivity contribution < 1.29 is 9.53 Å². The molecule has 0 N–H and O–H groups in total. The highest BCUT2D eigenvalue weighted by Crippen LogP contribution is 2.32. The summed E-state index contributed by atoms with van der Waals surface area (Å²) in [6.07, 6.45) is 13.1. The molecular formula is C27H37NO2. The first kappa shape index (κ1) is 21.2. The second-order valence-corrected chi connectivity index (χ2v) is 9.46. The van der Waals surface area contributed by atoms with Gasteiger partial charge in [0.25, 0.3) is 0 Å². The van der Waals surface area contributed by atoms with Gasteiger partial charge in [0.1, 0.15) is 5.75 Å². The third-order valence-electron chi connectivity index (χ3n) is 7.48. The van der Waals surface area contributed by atoms with Crippen molar-refractivity contribution in [3.05, 3.63) is 42.0 Å². The second kappa shape index (κ2) is 9.85. The smallest absolute Gasteiger partial charge is 0.230 e. The number of hydrogen-bond acceptors (Lipinski definition) is 2. The maximum Gasteiger partial charge on any atom is 0.230 e. The van der Waals surface area contributed by atoms with Crippen molar-refractivity contribution in [1.82, 2.24) is 4.90 Å². The Morgan fingerprint density at radius 3 is 2.50 bits per heavy atom. The van der Waals surface area contributed by atoms with Gasteiger partial charge in [-0.25, -0.2) is 0 Å². The SMILES string of the molecule is COc1ccc2cc(C(C)C(=O)N3CCCCC3CCC3CCCCC3)ccc2c1. The average Bonchev–Trinajstić information content (AvgIpc) is 2.82. The largest absolute Gasteiger partial charge is 0.497 e. The fourth-order valence-corrected chi connectivity index (χ4v) is 5.52. The van der Waals surface area contributed by atoms with Crippen LogP contribution in [0.4, 0.5) is 0 Å². The molecule has 30 heavy (non-hydrogen) atoms. The molecule has 2 aromatic rings. The molecule has 1 saturated carbocycles. The van der Waals surface area contributed by atoms with Crippen molar-refractivity contribution in [3.8, 4) is 5.75 Å². The average molecular weight is 408 g/mol. The summed E-state index contributed by atoms with van der Waals surface area (Å²) in [5.41, 5.74) is 1.12. The van der Waals surface area contributed by atoms with Crippen LogP contribution < -0.4 is 4.74 Å². The normalized spacial score (nSPS) is 21.5. The highest BCUT2D eigenvalue weighted by Gasteiger charge is 2.30. The van der Waals surface area contributed by atoms with Gasteiger partial charge in [-0.1, -0.05) is 56.4 Å².